The maximum absolute atomic E-state index is 6.00. The van der Waals surface area contributed by atoms with Crippen molar-refractivity contribution < 1.29 is 8.83 Å². The molecule has 4 heteroatoms. The van der Waals surface area contributed by atoms with Crippen LogP contribution >= 0.6 is 0 Å². The molecule has 160 valence electrons. The Bertz CT molecular complexity index is 1460. The van der Waals surface area contributed by atoms with Crippen LogP contribution in [0.1, 0.15) is 25.0 Å². The van der Waals surface area contributed by atoms with Gasteiger partial charge in [0.2, 0.25) is 11.8 Å². The molecule has 6 rings (SSSR count). The number of aromatic nitrogens is 2. The molecule has 0 N–H and O–H groups in total. The molecule has 4 nitrogen and oxygen atoms in total. The molecule has 0 aliphatic carbocycles. The van der Waals surface area contributed by atoms with Gasteiger partial charge in [-0.1, -0.05) is 62.4 Å². The van der Waals surface area contributed by atoms with E-state index >= 15 is 0 Å². The van der Waals surface area contributed by atoms with E-state index in [0.717, 1.165) is 44.5 Å². The maximum atomic E-state index is 6.00. The highest BCUT2D eigenvalue weighted by Gasteiger charge is 2.25. The molecule has 0 fully saturated rings. The van der Waals surface area contributed by atoms with Crippen molar-refractivity contribution in [2.24, 2.45) is 0 Å². The van der Waals surface area contributed by atoms with Crippen LogP contribution in [0.2, 0.25) is 0 Å². The zero-order valence-electron chi connectivity index (χ0n) is 18.4. The minimum Gasteiger partial charge on any atom is -0.436 e. The summed E-state index contributed by atoms with van der Waals surface area (Å²) in [5.74, 6) is 1.27. The average Bonchev–Trinajstić information content (AvgIpc) is 3.48. The number of rotatable bonds is 4. The fourth-order valence-corrected chi connectivity index (χ4v) is 4.21. The van der Waals surface area contributed by atoms with Crippen LogP contribution < -0.4 is 0 Å². The largest absolute Gasteiger partial charge is 0.436 e. The topological polar surface area (TPSA) is 52.1 Å². The summed E-state index contributed by atoms with van der Waals surface area (Å²) in [6.45, 7) is 4.43. The summed E-state index contributed by atoms with van der Waals surface area (Å²) in [5, 5.41) is 0. The summed E-state index contributed by atoms with van der Waals surface area (Å²) in [6.07, 6.45) is 0. The standard InChI is InChI=1S/C29H22N2O2/c1-29(2,21-13-15-25-23(17-21)30-27(32-25)19-9-5-3-6-10-19)22-14-16-26-24(18-22)31-28(33-26)20-11-7-4-8-12-20/h3-18H,1-2H3. The van der Waals surface area contributed by atoms with Gasteiger partial charge in [0.25, 0.3) is 0 Å². The van der Waals surface area contributed by atoms with Crippen LogP contribution in [-0.2, 0) is 5.41 Å². The summed E-state index contributed by atoms with van der Waals surface area (Å²) < 4.78 is 12.0. The molecule has 0 radical (unpaired) electrons. The van der Waals surface area contributed by atoms with Gasteiger partial charge in [-0.3, -0.25) is 0 Å². The molecule has 2 heterocycles. The quantitative estimate of drug-likeness (QED) is 0.288. The van der Waals surface area contributed by atoms with E-state index in [1.54, 1.807) is 0 Å². The Morgan fingerprint density at radius 3 is 1.39 bits per heavy atom. The number of hydrogen-bond donors (Lipinski definition) is 0. The first-order valence-corrected chi connectivity index (χ1v) is 11.0. The molecular formula is C29H22N2O2. The molecule has 2 aromatic heterocycles. The third-order valence-electron chi connectivity index (χ3n) is 6.26. The van der Waals surface area contributed by atoms with E-state index in [0.29, 0.717) is 11.8 Å². The van der Waals surface area contributed by atoms with Crippen molar-refractivity contribution in [3.63, 3.8) is 0 Å². The van der Waals surface area contributed by atoms with Crippen molar-refractivity contribution in [1.82, 2.24) is 9.97 Å². The van der Waals surface area contributed by atoms with E-state index in [-0.39, 0.29) is 5.41 Å². The molecule has 6 aromatic rings. The molecule has 4 aromatic carbocycles. The van der Waals surface area contributed by atoms with Crippen LogP contribution in [0.5, 0.6) is 0 Å². The minimum absolute atomic E-state index is 0.250. The monoisotopic (exact) mass is 430 g/mol. The van der Waals surface area contributed by atoms with Crippen LogP contribution in [0.15, 0.2) is 106 Å². The molecule has 0 spiro atoms. The van der Waals surface area contributed by atoms with Crippen molar-refractivity contribution in [3.05, 3.63) is 108 Å². The second-order valence-electron chi connectivity index (χ2n) is 8.76. The molecule has 0 bridgehead atoms. The zero-order chi connectivity index (χ0) is 22.4. The molecule has 0 saturated heterocycles. The Balaban J connectivity index is 1.38. The third kappa shape index (κ3) is 3.40. The van der Waals surface area contributed by atoms with E-state index in [1.165, 1.54) is 0 Å². The molecule has 0 unspecified atom stereocenters. The first-order valence-electron chi connectivity index (χ1n) is 11.0. The Hall–Kier alpha value is -4.18. The average molecular weight is 431 g/mol. The number of benzene rings is 4. The summed E-state index contributed by atoms with van der Waals surface area (Å²) in [7, 11) is 0. The normalized spacial score (nSPS) is 11.9. The molecule has 0 aliphatic rings. The van der Waals surface area contributed by atoms with Gasteiger partial charge in [0.1, 0.15) is 11.0 Å². The van der Waals surface area contributed by atoms with E-state index < -0.39 is 0 Å². The highest BCUT2D eigenvalue weighted by molar-refractivity contribution is 5.79. The van der Waals surface area contributed by atoms with E-state index in [9.17, 15) is 0 Å². The highest BCUT2D eigenvalue weighted by atomic mass is 16.4. The predicted octanol–water partition coefficient (Wildman–Crippen LogP) is 7.63. The fourth-order valence-electron chi connectivity index (χ4n) is 4.21. The van der Waals surface area contributed by atoms with Crippen molar-refractivity contribution in [1.29, 1.82) is 0 Å². The number of fused-ring (bicyclic) bond motifs is 2. The lowest BCUT2D eigenvalue weighted by molar-refractivity contribution is 0.617. The second-order valence-corrected chi connectivity index (χ2v) is 8.76. The van der Waals surface area contributed by atoms with Gasteiger partial charge >= 0.3 is 0 Å². The third-order valence-corrected chi connectivity index (χ3v) is 6.26. The molecule has 0 amide bonds. The van der Waals surface area contributed by atoms with Gasteiger partial charge in [0.15, 0.2) is 11.2 Å². The van der Waals surface area contributed by atoms with Crippen molar-refractivity contribution >= 4 is 22.2 Å². The molecule has 0 saturated carbocycles. The zero-order valence-corrected chi connectivity index (χ0v) is 18.4. The van der Waals surface area contributed by atoms with Crippen LogP contribution in [-0.4, -0.2) is 9.97 Å². The Labute approximate surface area is 191 Å². The van der Waals surface area contributed by atoms with Crippen LogP contribution in [0, 0.1) is 0 Å². The van der Waals surface area contributed by atoms with Crippen LogP contribution in [0.3, 0.4) is 0 Å². The Kier molecular flexibility index (Phi) is 4.40. The van der Waals surface area contributed by atoms with Gasteiger partial charge < -0.3 is 8.83 Å². The summed E-state index contributed by atoms with van der Waals surface area (Å²) in [5.41, 5.74) is 7.30. The maximum Gasteiger partial charge on any atom is 0.227 e. The SMILES string of the molecule is CC(C)(c1ccc2oc(-c3ccccc3)nc2c1)c1ccc2oc(-c3ccccc3)nc2c1. The number of oxazole rings is 2. The minimum atomic E-state index is -0.250. The fraction of sp³-hybridized carbons (Fsp3) is 0.103. The van der Waals surface area contributed by atoms with Crippen molar-refractivity contribution in [2.75, 3.05) is 0 Å². The van der Waals surface area contributed by atoms with E-state index in [1.807, 2.05) is 72.8 Å². The van der Waals surface area contributed by atoms with Crippen LogP contribution in [0.4, 0.5) is 0 Å². The van der Waals surface area contributed by atoms with Gasteiger partial charge in [-0.15, -0.1) is 0 Å². The lowest BCUT2D eigenvalue weighted by atomic mass is 9.78. The van der Waals surface area contributed by atoms with Crippen molar-refractivity contribution in [2.45, 2.75) is 19.3 Å². The van der Waals surface area contributed by atoms with Gasteiger partial charge in [-0.25, -0.2) is 9.97 Å². The summed E-state index contributed by atoms with van der Waals surface area (Å²) >= 11 is 0. The van der Waals surface area contributed by atoms with Gasteiger partial charge in [0.05, 0.1) is 0 Å². The van der Waals surface area contributed by atoms with Gasteiger partial charge in [0, 0.05) is 16.5 Å². The highest BCUT2D eigenvalue weighted by Crippen LogP contribution is 2.36. The Morgan fingerprint density at radius 2 is 0.970 bits per heavy atom. The molecular weight excluding hydrogens is 408 g/mol. The van der Waals surface area contributed by atoms with Crippen LogP contribution in [0.25, 0.3) is 45.1 Å². The first-order chi connectivity index (χ1) is 16.1. The van der Waals surface area contributed by atoms with Crippen molar-refractivity contribution in [3.8, 4) is 22.9 Å². The summed E-state index contributed by atoms with van der Waals surface area (Å²) in [6, 6.07) is 32.4. The lowest BCUT2D eigenvalue weighted by Gasteiger charge is -2.26. The molecule has 0 atom stereocenters. The number of nitrogens with zero attached hydrogens (tertiary/aromatic N) is 2. The summed E-state index contributed by atoms with van der Waals surface area (Å²) in [4.78, 5) is 9.49. The first kappa shape index (κ1) is 19.5. The Morgan fingerprint density at radius 1 is 0.545 bits per heavy atom. The molecule has 0 aliphatic heterocycles. The van der Waals surface area contributed by atoms with Gasteiger partial charge in [-0.05, 0) is 59.7 Å². The van der Waals surface area contributed by atoms with E-state index in [2.05, 4.69) is 38.1 Å². The second kappa shape index (κ2) is 7.45. The smallest absolute Gasteiger partial charge is 0.227 e. The van der Waals surface area contributed by atoms with Gasteiger partial charge in [-0.2, -0.15) is 0 Å². The van der Waals surface area contributed by atoms with E-state index in [4.69, 9.17) is 18.8 Å². The molecule has 33 heavy (non-hydrogen) atoms. The lowest BCUT2D eigenvalue weighted by Crippen LogP contribution is -2.18. The number of hydrogen-bond acceptors (Lipinski definition) is 4. The predicted molar refractivity (Wildman–Crippen MR) is 131 cm³/mol.